The van der Waals surface area contributed by atoms with E-state index in [1.807, 2.05) is 38.5 Å². The fourth-order valence-corrected chi connectivity index (χ4v) is 4.04. The van der Waals surface area contributed by atoms with E-state index in [1.165, 1.54) is 12.1 Å². The second-order valence-corrected chi connectivity index (χ2v) is 8.05. The Kier molecular flexibility index (Phi) is 6.09. The van der Waals surface area contributed by atoms with Crippen molar-refractivity contribution < 1.29 is 8.60 Å². The summed E-state index contributed by atoms with van der Waals surface area (Å²) in [5.74, 6) is 0.194. The van der Waals surface area contributed by atoms with Crippen molar-refractivity contribution in [3.63, 3.8) is 0 Å². The molecule has 134 valence electrons. The van der Waals surface area contributed by atoms with Gasteiger partial charge in [0.25, 0.3) is 0 Å². The van der Waals surface area contributed by atoms with Crippen LogP contribution >= 0.6 is 0 Å². The fraction of sp³-hybridized carbons (Fsp3) is 0.444. The van der Waals surface area contributed by atoms with E-state index < -0.39 is 22.3 Å². The normalized spacial score (nSPS) is 14.9. The maximum Gasteiger partial charge on any atom is 0.141 e. The lowest BCUT2D eigenvalue weighted by molar-refractivity contribution is 0.429. The van der Waals surface area contributed by atoms with E-state index in [0.717, 1.165) is 5.69 Å². The van der Waals surface area contributed by atoms with E-state index in [2.05, 4.69) is 9.71 Å². The number of aryl methyl sites for hydroxylation is 1. The molecule has 2 aromatic rings. The zero-order chi connectivity index (χ0) is 18.6. The summed E-state index contributed by atoms with van der Waals surface area (Å²) in [5.41, 5.74) is 0.807. The predicted molar refractivity (Wildman–Crippen MR) is 96.4 cm³/mol. The van der Waals surface area contributed by atoms with Gasteiger partial charge in [-0.3, -0.25) is 0 Å². The Balaban J connectivity index is 2.40. The van der Waals surface area contributed by atoms with Crippen molar-refractivity contribution in [2.24, 2.45) is 13.0 Å². The Bertz CT molecular complexity index is 812. The van der Waals surface area contributed by atoms with Crippen LogP contribution in [-0.2, 0) is 30.0 Å². The highest BCUT2D eigenvalue weighted by molar-refractivity contribution is 7.83. The van der Waals surface area contributed by atoms with Crippen LogP contribution in [0.2, 0.25) is 0 Å². The van der Waals surface area contributed by atoms with Crippen LogP contribution in [0.3, 0.4) is 0 Å². The lowest BCUT2D eigenvalue weighted by atomic mass is 9.88. The fourth-order valence-electron chi connectivity index (χ4n) is 2.66. The molecule has 0 bridgehead atoms. The first kappa shape index (κ1) is 19.3. The summed E-state index contributed by atoms with van der Waals surface area (Å²) in [6.45, 7) is 5.89. The highest BCUT2D eigenvalue weighted by Crippen LogP contribution is 2.27. The summed E-state index contributed by atoms with van der Waals surface area (Å²) in [7, 11) is 0.613. The monoisotopic (exact) mass is 362 g/mol. The molecule has 1 aromatic carbocycles. The zero-order valence-corrected chi connectivity index (χ0v) is 15.7. The summed E-state index contributed by atoms with van der Waals surface area (Å²) < 4.78 is 31.7. The van der Waals surface area contributed by atoms with Crippen molar-refractivity contribution >= 4 is 11.0 Å². The van der Waals surface area contributed by atoms with Gasteiger partial charge in [0.2, 0.25) is 0 Å². The van der Waals surface area contributed by atoms with E-state index in [-0.39, 0.29) is 11.5 Å². The summed E-state index contributed by atoms with van der Waals surface area (Å²) >= 11 is 0. The van der Waals surface area contributed by atoms with Gasteiger partial charge in [-0.2, -0.15) is 5.26 Å². The minimum Gasteiger partial charge on any atom is -0.338 e. The number of hydrogen-bond acceptors (Lipinski definition) is 3. The third-order valence-corrected chi connectivity index (χ3v) is 5.65. The first-order valence-electron chi connectivity index (χ1n) is 8.06. The first-order valence-corrected chi connectivity index (χ1v) is 9.38. The number of imidazole rings is 1. The van der Waals surface area contributed by atoms with Crippen LogP contribution in [0, 0.1) is 23.1 Å². The second kappa shape index (κ2) is 7.89. The molecule has 1 N–H and O–H groups in total. The van der Waals surface area contributed by atoms with E-state index in [0.29, 0.717) is 17.7 Å². The molecule has 0 aliphatic heterocycles. The van der Waals surface area contributed by atoms with Gasteiger partial charge in [0, 0.05) is 31.1 Å². The van der Waals surface area contributed by atoms with Gasteiger partial charge in [-0.05, 0) is 30.5 Å². The number of nitrogens with one attached hydrogen (secondary N) is 1. The van der Waals surface area contributed by atoms with E-state index >= 15 is 0 Å². The Hall–Kier alpha value is -2.04. The average Bonchev–Trinajstić information content (AvgIpc) is 2.91. The summed E-state index contributed by atoms with van der Waals surface area (Å²) in [5, 5.41) is 8.93. The molecule has 0 aliphatic rings. The largest absolute Gasteiger partial charge is 0.338 e. The number of halogens is 1. The number of nitrogens with zero attached hydrogens (tertiary/aromatic N) is 3. The number of aromatic nitrogens is 2. The Morgan fingerprint density at radius 2 is 2.20 bits per heavy atom. The quantitative estimate of drug-likeness (QED) is 0.823. The summed E-state index contributed by atoms with van der Waals surface area (Å²) in [6, 6.07) is 6.33. The molecular weight excluding hydrogens is 339 g/mol. The van der Waals surface area contributed by atoms with Crippen molar-refractivity contribution in [3.05, 3.63) is 53.4 Å². The molecule has 0 spiro atoms. The molecule has 0 aliphatic carbocycles. The predicted octanol–water partition coefficient (Wildman–Crippen LogP) is 2.80. The lowest BCUT2D eigenvalue weighted by Crippen LogP contribution is -2.44. The van der Waals surface area contributed by atoms with Crippen LogP contribution in [0.1, 0.15) is 37.6 Å². The van der Waals surface area contributed by atoms with E-state index in [9.17, 15) is 8.60 Å². The van der Waals surface area contributed by atoms with Gasteiger partial charge in [0.1, 0.15) is 11.9 Å². The van der Waals surface area contributed by atoms with Crippen LogP contribution in [-0.4, -0.2) is 19.5 Å². The highest BCUT2D eigenvalue weighted by atomic mass is 32.2. The lowest BCUT2D eigenvalue weighted by Gasteiger charge is -2.31. The van der Waals surface area contributed by atoms with Gasteiger partial charge in [-0.25, -0.2) is 18.3 Å². The summed E-state index contributed by atoms with van der Waals surface area (Å²) in [4.78, 5) is 4.11. The molecule has 0 fully saturated rings. The number of rotatable bonds is 7. The smallest absolute Gasteiger partial charge is 0.141 e. The minimum absolute atomic E-state index is 0.00469. The molecule has 5 nitrogen and oxygen atoms in total. The van der Waals surface area contributed by atoms with Gasteiger partial charge in [-0.1, -0.05) is 19.9 Å². The minimum atomic E-state index is -1.27. The highest BCUT2D eigenvalue weighted by Gasteiger charge is 2.31. The standard InChI is InChI=1S/C18H23FN4OS/c1-13(2)11-25(24)22-18(3,8-16-10-21-12-23(16)4)15-6-5-14(9-20)17(19)7-15/h5-7,10,12-13,22H,8,11H2,1-4H3. The SMILES string of the molecule is CC(C)CS(=O)NC(C)(Cc1cncn1C)c1ccc(C#N)c(F)c1. The molecule has 7 heteroatoms. The zero-order valence-electron chi connectivity index (χ0n) is 14.9. The number of benzene rings is 1. The van der Waals surface area contributed by atoms with Crippen LogP contribution in [0.25, 0.3) is 0 Å². The molecule has 25 heavy (non-hydrogen) atoms. The van der Waals surface area contributed by atoms with Crippen LogP contribution in [0.5, 0.6) is 0 Å². The van der Waals surface area contributed by atoms with E-state index in [4.69, 9.17) is 5.26 Å². The molecule has 2 atom stereocenters. The van der Waals surface area contributed by atoms with Gasteiger partial charge < -0.3 is 4.57 Å². The van der Waals surface area contributed by atoms with Gasteiger partial charge >= 0.3 is 0 Å². The van der Waals surface area contributed by atoms with Crippen molar-refractivity contribution in [2.75, 3.05) is 5.75 Å². The maximum atomic E-state index is 14.1. The van der Waals surface area contributed by atoms with Crippen LogP contribution < -0.4 is 4.72 Å². The molecule has 0 radical (unpaired) electrons. The first-order chi connectivity index (χ1) is 11.7. The topological polar surface area (TPSA) is 70.7 Å². The Morgan fingerprint density at radius 1 is 1.48 bits per heavy atom. The molecule has 2 rings (SSSR count). The average molecular weight is 362 g/mol. The van der Waals surface area contributed by atoms with Crippen molar-refractivity contribution in [2.45, 2.75) is 32.7 Å². The van der Waals surface area contributed by atoms with Crippen LogP contribution in [0.15, 0.2) is 30.7 Å². The van der Waals surface area contributed by atoms with Gasteiger partial charge in [-0.15, -0.1) is 0 Å². The summed E-state index contributed by atoms with van der Waals surface area (Å²) in [6.07, 6.45) is 3.92. The third kappa shape index (κ3) is 4.74. The second-order valence-electron chi connectivity index (χ2n) is 6.82. The van der Waals surface area contributed by atoms with Gasteiger partial charge in [0.05, 0.1) is 28.4 Å². The molecule has 1 aromatic heterocycles. The molecule has 1 heterocycles. The number of hydrogen-bond donors (Lipinski definition) is 1. The van der Waals surface area contributed by atoms with Crippen molar-refractivity contribution in [1.29, 1.82) is 5.26 Å². The third-order valence-electron chi connectivity index (χ3n) is 4.00. The molecule has 0 saturated heterocycles. The molecule has 0 saturated carbocycles. The van der Waals surface area contributed by atoms with Gasteiger partial charge in [0.15, 0.2) is 0 Å². The van der Waals surface area contributed by atoms with E-state index in [1.54, 1.807) is 18.6 Å². The van der Waals surface area contributed by atoms with Crippen LogP contribution in [0.4, 0.5) is 4.39 Å². The van der Waals surface area contributed by atoms with Crippen molar-refractivity contribution in [3.8, 4) is 6.07 Å². The molecule has 2 unspecified atom stereocenters. The number of nitriles is 1. The Morgan fingerprint density at radius 3 is 2.72 bits per heavy atom. The Labute approximate surface area is 150 Å². The van der Waals surface area contributed by atoms with Crippen molar-refractivity contribution in [1.82, 2.24) is 14.3 Å². The molecule has 0 amide bonds. The molecular formula is C18H23FN4OS. The maximum absolute atomic E-state index is 14.1.